The summed E-state index contributed by atoms with van der Waals surface area (Å²) in [4.78, 5) is 12.5. The van der Waals surface area contributed by atoms with Gasteiger partial charge in [-0.05, 0) is 37.1 Å². The van der Waals surface area contributed by atoms with E-state index in [2.05, 4.69) is 5.32 Å². The highest BCUT2D eigenvalue weighted by Crippen LogP contribution is 2.24. The highest BCUT2D eigenvalue weighted by atomic mass is 16.3. The molecule has 0 aliphatic carbocycles. The van der Waals surface area contributed by atoms with Crippen LogP contribution < -0.4 is 5.32 Å². The lowest BCUT2D eigenvalue weighted by Gasteiger charge is -2.08. The number of benzene rings is 2. The molecule has 0 saturated heterocycles. The normalized spacial score (nSPS) is 11.1. The Bertz CT molecular complexity index is 1020. The minimum absolute atomic E-state index is 0.00860. The molecule has 0 bridgehead atoms. The van der Waals surface area contributed by atoms with Gasteiger partial charge in [-0.25, -0.2) is 0 Å². The Kier molecular flexibility index (Phi) is 5.53. The largest absolute Gasteiger partial charge is 0.457 e. The van der Waals surface area contributed by atoms with Crippen LogP contribution in [0, 0.1) is 18.3 Å². The van der Waals surface area contributed by atoms with E-state index < -0.39 is 5.91 Å². The van der Waals surface area contributed by atoms with Gasteiger partial charge in [-0.2, -0.15) is 5.26 Å². The molecule has 0 saturated carbocycles. The maximum absolute atomic E-state index is 12.5. The van der Waals surface area contributed by atoms with Crippen molar-refractivity contribution in [2.24, 2.45) is 0 Å². The second kappa shape index (κ2) is 8.20. The molecule has 0 unspecified atom stereocenters. The molecule has 134 valence electrons. The molecule has 4 nitrogen and oxygen atoms in total. The van der Waals surface area contributed by atoms with Crippen LogP contribution in [0.5, 0.6) is 0 Å². The monoisotopic (exact) mass is 356 g/mol. The molecule has 1 N–H and O–H groups in total. The van der Waals surface area contributed by atoms with E-state index in [9.17, 15) is 10.1 Å². The molecule has 0 aliphatic rings. The first-order valence-corrected chi connectivity index (χ1v) is 8.78. The molecule has 2 aromatic carbocycles. The summed E-state index contributed by atoms with van der Waals surface area (Å²) in [5.74, 6) is 0.697. The van der Waals surface area contributed by atoms with Crippen molar-refractivity contribution in [3.63, 3.8) is 0 Å². The van der Waals surface area contributed by atoms with Gasteiger partial charge in [0.1, 0.15) is 23.2 Å². The molecule has 1 aromatic heterocycles. The molecular formula is C23H20N2O2. The van der Waals surface area contributed by atoms with Gasteiger partial charge < -0.3 is 9.73 Å². The van der Waals surface area contributed by atoms with Gasteiger partial charge in [0.15, 0.2) is 0 Å². The Balaban J connectivity index is 1.81. The molecular weight excluding hydrogens is 336 g/mol. The predicted molar refractivity (Wildman–Crippen MR) is 107 cm³/mol. The fraction of sp³-hybridized carbons (Fsp3) is 0.130. The van der Waals surface area contributed by atoms with Crippen LogP contribution in [0.3, 0.4) is 0 Å². The van der Waals surface area contributed by atoms with Crippen LogP contribution in [0.2, 0.25) is 0 Å². The van der Waals surface area contributed by atoms with Crippen molar-refractivity contribution in [2.75, 3.05) is 5.32 Å². The Morgan fingerprint density at radius 3 is 2.56 bits per heavy atom. The van der Waals surface area contributed by atoms with E-state index >= 15 is 0 Å². The number of nitriles is 1. The Morgan fingerprint density at radius 2 is 1.85 bits per heavy atom. The molecule has 4 heteroatoms. The number of rotatable bonds is 5. The number of nitrogens with zero attached hydrogens (tertiary/aromatic N) is 1. The van der Waals surface area contributed by atoms with Crippen LogP contribution >= 0.6 is 0 Å². The molecule has 27 heavy (non-hydrogen) atoms. The highest BCUT2D eigenvalue weighted by molar-refractivity contribution is 6.09. The quantitative estimate of drug-likeness (QED) is 0.494. The lowest BCUT2D eigenvalue weighted by atomic mass is 10.1. The van der Waals surface area contributed by atoms with Crippen LogP contribution in [-0.4, -0.2) is 5.91 Å². The topological polar surface area (TPSA) is 66.0 Å². The fourth-order valence-electron chi connectivity index (χ4n) is 2.73. The molecule has 0 radical (unpaired) electrons. The third-order valence-electron chi connectivity index (χ3n) is 4.26. The van der Waals surface area contributed by atoms with Gasteiger partial charge in [0.05, 0.1) is 0 Å². The second-order valence-corrected chi connectivity index (χ2v) is 6.20. The zero-order valence-corrected chi connectivity index (χ0v) is 15.3. The zero-order valence-electron chi connectivity index (χ0n) is 15.3. The smallest absolute Gasteiger partial charge is 0.266 e. The summed E-state index contributed by atoms with van der Waals surface area (Å²) < 4.78 is 5.78. The van der Waals surface area contributed by atoms with E-state index in [0.717, 1.165) is 17.5 Å². The van der Waals surface area contributed by atoms with E-state index in [4.69, 9.17) is 4.42 Å². The molecule has 0 atom stereocenters. The minimum Gasteiger partial charge on any atom is -0.457 e. The van der Waals surface area contributed by atoms with Crippen molar-refractivity contribution in [2.45, 2.75) is 20.3 Å². The molecule has 1 amide bonds. The summed E-state index contributed by atoms with van der Waals surface area (Å²) in [6.07, 6.45) is 2.25. The lowest BCUT2D eigenvalue weighted by molar-refractivity contribution is -0.112. The number of para-hydroxylation sites is 1. The molecule has 3 aromatic rings. The number of hydrogen-bond donors (Lipinski definition) is 1. The van der Waals surface area contributed by atoms with Gasteiger partial charge in [-0.15, -0.1) is 0 Å². The molecule has 3 rings (SSSR count). The van der Waals surface area contributed by atoms with Crippen LogP contribution in [0.1, 0.15) is 23.8 Å². The molecule has 0 spiro atoms. The van der Waals surface area contributed by atoms with Crippen LogP contribution in [0.4, 0.5) is 5.69 Å². The predicted octanol–water partition coefficient (Wildman–Crippen LogP) is 5.36. The summed E-state index contributed by atoms with van der Waals surface area (Å²) in [6, 6.07) is 21.0. The first-order valence-electron chi connectivity index (χ1n) is 8.78. The number of hydrogen-bond acceptors (Lipinski definition) is 3. The van der Waals surface area contributed by atoms with Crippen molar-refractivity contribution >= 4 is 17.7 Å². The number of aryl methyl sites for hydroxylation is 2. The van der Waals surface area contributed by atoms with Gasteiger partial charge in [-0.1, -0.05) is 55.0 Å². The molecule has 0 aliphatic heterocycles. The van der Waals surface area contributed by atoms with Crippen molar-refractivity contribution < 1.29 is 9.21 Å². The Morgan fingerprint density at radius 1 is 1.11 bits per heavy atom. The summed E-state index contributed by atoms with van der Waals surface area (Å²) in [6.45, 7) is 4.04. The fourth-order valence-corrected chi connectivity index (χ4v) is 2.73. The Hall–Kier alpha value is -3.58. The molecule has 1 heterocycles. The minimum atomic E-state index is -0.452. The van der Waals surface area contributed by atoms with Crippen molar-refractivity contribution in [1.82, 2.24) is 0 Å². The van der Waals surface area contributed by atoms with E-state index in [1.807, 2.05) is 74.5 Å². The zero-order chi connectivity index (χ0) is 19.2. The third-order valence-corrected chi connectivity index (χ3v) is 4.26. The standard InChI is InChI=1S/C23H20N2O2/c1-3-17-6-4-5-7-21(17)25-23(26)19(15-24)14-20-12-13-22(27-20)18-10-8-16(2)9-11-18/h4-14H,3H2,1-2H3,(H,25,26)/b19-14+. The molecule has 0 fully saturated rings. The highest BCUT2D eigenvalue weighted by Gasteiger charge is 2.13. The lowest BCUT2D eigenvalue weighted by Crippen LogP contribution is -2.14. The summed E-state index contributed by atoms with van der Waals surface area (Å²) in [5, 5.41) is 12.2. The van der Waals surface area contributed by atoms with Gasteiger partial charge in [0, 0.05) is 17.3 Å². The number of amides is 1. The second-order valence-electron chi connectivity index (χ2n) is 6.20. The van der Waals surface area contributed by atoms with E-state index in [0.29, 0.717) is 17.2 Å². The van der Waals surface area contributed by atoms with E-state index in [1.54, 1.807) is 6.07 Å². The summed E-state index contributed by atoms with van der Waals surface area (Å²) >= 11 is 0. The first-order chi connectivity index (χ1) is 13.1. The average molecular weight is 356 g/mol. The van der Waals surface area contributed by atoms with Gasteiger partial charge in [0.25, 0.3) is 5.91 Å². The van der Waals surface area contributed by atoms with Crippen LogP contribution in [0.15, 0.2) is 70.7 Å². The average Bonchev–Trinajstić information content (AvgIpc) is 3.15. The van der Waals surface area contributed by atoms with Crippen molar-refractivity contribution in [3.05, 3.63) is 83.1 Å². The number of furan rings is 1. The van der Waals surface area contributed by atoms with Gasteiger partial charge in [-0.3, -0.25) is 4.79 Å². The number of nitrogens with one attached hydrogen (secondary N) is 1. The van der Waals surface area contributed by atoms with Crippen LogP contribution in [0.25, 0.3) is 17.4 Å². The first kappa shape index (κ1) is 18.2. The van der Waals surface area contributed by atoms with E-state index in [-0.39, 0.29) is 5.57 Å². The maximum atomic E-state index is 12.5. The van der Waals surface area contributed by atoms with Gasteiger partial charge in [0.2, 0.25) is 0 Å². The number of carbonyl (C=O) groups excluding carboxylic acids is 1. The SMILES string of the molecule is CCc1ccccc1NC(=O)/C(C#N)=C/c1ccc(-c2ccc(C)cc2)o1. The van der Waals surface area contributed by atoms with Gasteiger partial charge >= 0.3 is 0 Å². The van der Waals surface area contributed by atoms with E-state index in [1.165, 1.54) is 11.6 Å². The Labute approximate surface area is 158 Å². The summed E-state index contributed by atoms with van der Waals surface area (Å²) in [7, 11) is 0. The number of carbonyl (C=O) groups is 1. The maximum Gasteiger partial charge on any atom is 0.266 e. The van der Waals surface area contributed by atoms with Crippen molar-refractivity contribution in [3.8, 4) is 17.4 Å². The third kappa shape index (κ3) is 4.34. The van der Waals surface area contributed by atoms with Crippen molar-refractivity contribution in [1.29, 1.82) is 5.26 Å². The van der Waals surface area contributed by atoms with Crippen LogP contribution in [-0.2, 0) is 11.2 Å². The number of anilines is 1. The summed E-state index contributed by atoms with van der Waals surface area (Å²) in [5.41, 5.74) is 3.83.